The molecule has 6 heteroatoms. The molecule has 3 rings (SSSR count). The summed E-state index contributed by atoms with van der Waals surface area (Å²) in [5, 5.41) is 40.4. The van der Waals surface area contributed by atoms with Crippen molar-refractivity contribution in [2.75, 3.05) is 0 Å². The van der Waals surface area contributed by atoms with Crippen molar-refractivity contribution in [3.63, 3.8) is 0 Å². The molecule has 30 heavy (non-hydrogen) atoms. The second-order valence-corrected chi connectivity index (χ2v) is 7.31. The first kappa shape index (κ1) is 21.5. The van der Waals surface area contributed by atoms with Gasteiger partial charge in [0.2, 0.25) is 0 Å². The predicted molar refractivity (Wildman–Crippen MR) is 113 cm³/mol. The molecule has 6 nitrogen and oxygen atoms in total. The Bertz CT molecular complexity index is 1070. The van der Waals surface area contributed by atoms with Crippen LogP contribution in [0.4, 0.5) is 0 Å². The molecule has 0 saturated heterocycles. The Morgan fingerprint density at radius 1 is 0.933 bits per heavy atom. The number of aromatic hydroxyl groups is 3. The molecule has 2 atom stereocenters. The fourth-order valence-corrected chi connectivity index (χ4v) is 3.80. The van der Waals surface area contributed by atoms with Crippen molar-refractivity contribution in [2.24, 2.45) is 0 Å². The molecule has 0 saturated carbocycles. The van der Waals surface area contributed by atoms with E-state index in [-0.39, 0.29) is 40.9 Å². The molecule has 3 aromatic rings. The average molecular weight is 410 g/mol. The Morgan fingerprint density at radius 2 is 1.60 bits per heavy atom. The maximum absolute atomic E-state index is 12.7. The van der Waals surface area contributed by atoms with Gasteiger partial charge < -0.3 is 24.8 Å². The van der Waals surface area contributed by atoms with E-state index >= 15 is 0 Å². The first-order valence-electron chi connectivity index (χ1n) is 9.98. The summed E-state index contributed by atoms with van der Waals surface area (Å²) in [7, 11) is 0. The van der Waals surface area contributed by atoms with E-state index in [1.54, 1.807) is 24.3 Å². The minimum absolute atomic E-state index is 0.0108. The van der Waals surface area contributed by atoms with Crippen LogP contribution >= 0.6 is 0 Å². The standard InChI is InChI=1S/C24H26O6/c1-3-14-11-17(26)9-10-20(14)21(27)12-18-13-22(28)23(24(29)30-18)19(4-2)15-5-7-16(25)8-6-15/h5-11,13,19,21,25-28H,3-4,12H2,1-2H3. The summed E-state index contributed by atoms with van der Waals surface area (Å²) in [6.45, 7) is 3.81. The summed E-state index contributed by atoms with van der Waals surface area (Å²) in [4.78, 5) is 12.7. The van der Waals surface area contributed by atoms with Crippen LogP contribution in [-0.4, -0.2) is 20.4 Å². The summed E-state index contributed by atoms with van der Waals surface area (Å²) in [5.74, 6) is -0.158. The maximum atomic E-state index is 12.7. The number of aryl methyl sites for hydroxylation is 1. The third kappa shape index (κ3) is 4.49. The molecular formula is C24H26O6. The van der Waals surface area contributed by atoms with Gasteiger partial charge in [0, 0.05) is 18.4 Å². The molecule has 0 spiro atoms. The summed E-state index contributed by atoms with van der Waals surface area (Å²) >= 11 is 0. The molecule has 0 bridgehead atoms. The van der Waals surface area contributed by atoms with Crippen molar-refractivity contribution in [2.45, 2.75) is 45.1 Å². The number of benzene rings is 2. The number of hydrogen-bond donors (Lipinski definition) is 4. The monoisotopic (exact) mass is 410 g/mol. The van der Waals surface area contributed by atoms with E-state index in [0.717, 1.165) is 11.1 Å². The van der Waals surface area contributed by atoms with Crippen LogP contribution in [0, 0.1) is 0 Å². The van der Waals surface area contributed by atoms with Crippen molar-refractivity contribution in [3.05, 3.63) is 87.0 Å². The zero-order valence-electron chi connectivity index (χ0n) is 17.0. The first-order chi connectivity index (χ1) is 14.3. The molecule has 0 amide bonds. The third-order valence-corrected chi connectivity index (χ3v) is 5.33. The van der Waals surface area contributed by atoms with Gasteiger partial charge in [-0.05, 0) is 53.8 Å². The second-order valence-electron chi connectivity index (χ2n) is 7.31. The topological polar surface area (TPSA) is 111 Å². The third-order valence-electron chi connectivity index (χ3n) is 5.33. The van der Waals surface area contributed by atoms with E-state index in [2.05, 4.69) is 0 Å². The average Bonchev–Trinajstić information content (AvgIpc) is 2.71. The molecule has 4 N–H and O–H groups in total. The normalized spacial score (nSPS) is 13.2. The van der Waals surface area contributed by atoms with Gasteiger partial charge in [0.1, 0.15) is 23.0 Å². The molecule has 0 radical (unpaired) electrons. The van der Waals surface area contributed by atoms with Crippen molar-refractivity contribution in [3.8, 4) is 17.2 Å². The highest BCUT2D eigenvalue weighted by Gasteiger charge is 2.23. The van der Waals surface area contributed by atoms with Gasteiger partial charge >= 0.3 is 5.63 Å². The van der Waals surface area contributed by atoms with Crippen LogP contribution in [0.3, 0.4) is 0 Å². The molecule has 2 unspecified atom stereocenters. The lowest BCUT2D eigenvalue weighted by molar-refractivity contribution is 0.167. The molecular weight excluding hydrogens is 384 g/mol. The molecule has 1 aromatic heterocycles. The minimum atomic E-state index is -0.951. The van der Waals surface area contributed by atoms with E-state index < -0.39 is 11.7 Å². The van der Waals surface area contributed by atoms with E-state index in [0.29, 0.717) is 18.4 Å². The van der Waals surface area contributed by atoms with E-state index in [9.17, 15) is 25.2 Å². The van der Waals surface area contributed by atoms with Crippen LogP contribution in [0.25, 0.3) is 0 Å². The van der Waals surface area contributed by atoms with Gasteiger partial charge in [0.25, 0.3) is 0 Å². The van der Waals surface area contributed by atoms with Crippen LogP contribution in [0.5, 0.6) is 17.2 Å². The Hall–Kier alpha value is -3.25. The lowest BCUT2D eigenvalue weighted by Crippen LogP contribution is -2.15. The predicted octanol–water partition coefficient (Wildman–Crippen LogP) is 4.14. The van der Waals surface area contributed by atoms with Crippen molar-refractivity contribution >= 4 is 0 Å². The van der Waals surface area contributed by atoms with Gasteiger partial charge in [0.15, 0.2) is 0 Å². The van der Waals surface area contributed by atoms with E-state index in [4.69, 9.17) is 4.42 Å². The van der Waals surface area contributed by atoms with Crippen LogP contribution in [0.15, 0.2) is 57.7 Å². The van der Waals surface area contributed by atoms with Crippen LogP contribution in [0.1, 0.15) is 60.3 Å². The molecule has 1 heterocycles. The number of phenolic OH excluding ortho intramolecular Hbond substituents is 2. The van der Waals surface area contributed by atoms with Crippen molar-refractivity contribution in [1.29, 1.82) is 0 Å². The summed E-state index contributed by atoms with van der Waals surface area (Å²) in [6, 6.07) is 12.6. The zero-order chi connectivity index (χ0) is 21.8. The Labute approximate surface area is 174 Å². The number of aliphatic hydroxyl groups is 1. The van der Waals surface area contributed by atoms with Gasteiger partial charge in [-0.15, -0.1) is 0 Å². The molecule has 0 aliphatic rings. The van der Waals surface area contributed by atoms with E-state index in [1.807, 2.05) is 13.8 Å². The number of aliphatic hydroxyl groups excluding tert-OH is 1. The van der Waals surface area contributed by atoms with Gasteiger partial charge in [-0.25, -0.2) is 4.79 Å². The molecule has 0 aliphatic carbocycles. The van der Waals surface area contributed by atoms with Gasteiger partial charge in [-0.3, -0.25) is 0 Å². The van der Waals surface area contributed by atoms with Crippen molar-refractivity contribution < 1.29 is 24.8 Å². The molecule has 0 aliphatic heterocycles. The summed E-state index contributed by atoms with van der Waals surface area (Å²) in [5.41, 5.74) is 1.71. The highest BCUT2D eigenvalue weighted by molar-refractivity contribution is 5.42. The largest absolute Gasteiger partial charge is 0.508 e. The zero-order valence-corrected chi connectivity index (χ0v) is 17.0. The quantitative estimate of drug-likeness (QED) is 0.466. The molecule has 2 aromatic carbocycles. The smallest absolute Gasteiger partial charge is 0.343 e. The number of hydrogen-bond acceptors (Lipinski definition) is 6. The van der Waals surface area contributed by atoms with Gasteiger partial charge in [0.05, 0.1) is 11.7 Å². The van der Waals surface area contributed by atoms with Crippen LogP contribution in [0.2, 0.25) is 0 Å². The van der Waals surface area contributed by atoms with Crippen molar-refractivity contribution in [1.82, 2.24) is 0 Å². The van der Waals surface area contributed by atoms with Gasteiger partial charge in [-0.1, -0.05) is 32.0 Å². The summed E-state index contributed by atoms with van der Waals surface area (Å²) in [6.07, 6.45) is 0.239. The van der Waals surface area contributed by atoms with Crippen LogP contribution in [-0.2, 0) is 12.8 Å². The molecule has 158 valence electrons. The molecule has 0 fully saturated rings. The number of phenols is 2. The Morgan fingerprint density at radius 3 is 2.20 bits per heavy atom. The minimum Gasteiger partial charge on any atom is -0.508 e. The lowest BCUT2D eigenvalue weighted by atomic mass is 9.89. The Balaban J connectivity index is 1.91. The highest BCUT2D eigenvalue weighted by Crippen LogP contribution is 2.33. The SMILES string of the molecule is CCc1cc(O)ccc1C(O)Cc1cc(O)c(C(CC)c2ccc(O)cc2)c(=O)o1. The van der Waals surface area contributed by atoms with E-state index in [1.165, 1.54) is 24.3 Å². The first-order valence-corrected chi connectivity index (χ1v) is 9.98. The fraction of sp³-hybridized carbons (Fsp3) is 0.292. The number of rotatable bonds is 7. The fourth-order valence-electron chi connectivity index (χ4n) is 3.80. The maximum Gasteiger partial charge on any atom is 0.343 e. The lowest BCUT2D eigenvalue weighted by Gasteiger charge is -2.18. The van der Waals surface area contributed by atoms with Gasteiger partial charge in [-0.2, -0.15) is 0 Å². The van der Waals surface area contributed by atoms with Crippen LogP contribution < -0.4 is 5.63 Å². The highest BCUT2D eigenvalue weighted by atomic mass is 16.4. The Kier molecular flexibility index (Phi) is 6.47. The summed E-state index contributed by atoms with van der Waals surface area (Å²) < 4.78 is 5.43. The second kappa shape index (κ2) is 9.05.